The Morgan fingerprint density at radius 3 is 1.67 bits per heavy atom. The molecule has 0 fully saturated rings. The van der Waals surface area contributed by atoms with Gasteiger partial charge in [-0.05, 0) is 107 Å². The van der Waals surface area contributed by atoms with Crippen LogP contribution in [0, 0.1) is 0 Å². The molecule has 0 unspecified atom stereocenters. The van der Waals surface area contributed by atoms with Crippen LogP contribution in [-0.4, -0.2) is 6.54 Å². The van der Waals surface area contributed by atoms with Gasteiger partial charge in [-0.25, -0.2) is 0 Å². The van der Waals surface area contributed by atoms with Crippen molar-refractivity contribution in [1.29, 1.82) is 0 Å². The Bertz CT molecular complexity index is 2500. The van der Waals surface area contributed by atoms with Gasteiger partial charge in [0.2, 0.25) is 0 Å². The molecule has 0 aliphatic rings. The molecule has 49 heavy (non-hydrogen) atoms. The summed E-state index contributed by atoms with van der Waals surface area (Å²) >= 11 is 0. The Morgan fingerprint density at radius 1 is 0.449 bits per heavy atom. The molecule has 0 aliphatic heterocycles. The van der Waals surface area contributed by atoms with E-state index in [4.69, 9.17) is 11.5 Å². The molecule has 0 heterocycles. The third-order valence-electron chi connectivity index (χ3n) is 9.43. The lowest BCUT2D eigenvalue weighted by molar-refractivity contribution is 1.25. The second-order valence-corrected chi connectivity index (χ2v) is 12.4. The highest BCUT2D eigenvalue weighted by Gasteiger charge is 2.16. The van der Waals surface area contributed by atoms with Crippen LogP contribution in [0.1, 0.15) is 11.1 Å². The van der Waals surface area contributed by atoms with Gasteiger partial charge in [0.15, 0.2) is 0 Å². The maximum atomic E-state index is 6.55. The van der Waals surface area contributed by atoms with Crippen LogP contribution in [0.25, 0.3) is 71.3 Å². The van der Waals surface area contributed by atoms with Crippen LogP contribution < -0.4 is 11.5 Å². The number of para-hydroxylation sites is 1. The molecule has 0 atom stereocenters. The van der Waals surface area contributed by atoms with Crippen molar-refractivity contribution in [2.75, 3.05) is 12.3 Å². The maximum Gasteiger partial charge on any atom is 0.0393 e. The van der Waals surface area contributed by atoms with Crippen molar-refractivity contribution < 1.29 is 0 Å². The summed E-state index contributed by atoms with van der Waals surface area (Å²) in [7, 11) is 0. The fourth-order valence-corrected chi connectivity index (χ4v) is 7.11. The third kappa shape index (κ3) is 5.69. The zero-order valence-corrected chi connectivity index (χ0v) is 27.2. The quantitative estimate of drug-likeness (QED) is 0.105. The smallest absolute Gasteiger partial charge is 0.0393 e. The van der Waals surface area contributed by atoms with Gasteiger partial charge in [0.25, 0.3) is 0 Å². The number of hydrogen-bond acceptors (Lipinski definition) is 2. The summed E-state index contributed by atoms with van der Waals surface area (Å²) in [5.74, 6) is 0. The second kappa shape index (κ2) is 13.1. The van der Waals surface area contributed by atoms with Crippen LogP contribution in [0.5, 0.6) is 0 Å². The van der Waals surface area contributed by atoms with E-state index in [0.29, 0.717) is 6.54 Å². The van der Waals surface area contributed by atoms with Gasteiger partial charge in [-0.2, -0.15) is 0 Å². The third-order valence-corrected chi connectivity index (χ3v) is 9.43. The highest BCUT2D eigenvalue weighted by Crippen LogP contribution is 2.41. The number of fused-ring (bicyclic) bond motifs is 6. The first-order chi connectivity index (χ1) is 24.2. The Labute approximate surface area is 287 Å². The van der Waals surface area contributed by atoms with Crippen LogP contribution in [0.3, 0.4) is 0 Å². The number of nitrogen functional groups attached to an aromatic ring is 1. The summed E-state index contributed by atoms with van der Waals surface area (Å²) < 4.78 is 0. The van der Waals surface area contributed by atoms with E-state index in [1.165, 1.54) is 43.4 Å². The van der Waals surface area contributed by atoms with Gasteiger partial charge >= 0.3 is 0 Å². The van der Waals surface area contributed by atoms with Gasteiger partial charge in [-0.3, -0.25) is 0 Å². The Kier molecular flexibility index (Phi) is 8.07. The van der Waals surface area contributed by atoms with E-state index in [0.717, 1.165) is 44.6 Å². The highest BCUT2D eigenvalue weighted by atomic mass is 14.6. The molecule has 234 valence electrons. The van der Waals surface area contributed by atoms with Gasteiger partial charge in [-0.1, -0.05) is 152 Å². The summed E-state index contributed by atoms with van der Waals surface area (Å²) in [5, 5.41) is 7.61. The van der Waals surface area contributed by atoms with Crippen LogP contribution in [-0.2, 0) is 0 Å². The molecule has 0 radical (unpaired) electrons. The van der Waals surface area contributed by atoms with Crippen molar-refractivity contribution in [1.82, 2.24) is 0 Å². The largest absolute Gasteiger partial charge is 0.398 e. The number of nitrogens with two attached hydrogens (primary N) is 2. The van der Waals surface area contributed by atoms with E-state index in [9.17, 15) is 0 Å². The van der Waals surface area contributed by atoms with Crippen molar-refractivity contribution in [3.05, 3.63) is 193 Å². The molecule has 0 saturated carbocycles. The van der Waals surface area contributed by atoms with Crippen LogP contribution in [0.4, 0.5) is 5.69 Å². The SMILES string of the molecule is NC/C=C\C=C(c1cc(-c2ccccc2)cc(-c2ccc3c4ccccc4c4ccccc4c3c2)c1)c1ccccc1-c1ccccc1N. The lowest BCUT2D eigenvalue weighted by atomic mass is 9.86. The Hall–Kier alpha value is -6.22. The van der Waals surface area contributed by atoms with Gasteiger partial charge in [0, 0.05) is 17.8 Å². The van der Waals surface area contributed by atoms with Crippen LogP contribution in [0.2, 0.25) is 0 Å². The van der Waals surface area contributed by atoms with E-state index >= 15 is 0 Å². The van der Waals surface area contributed by atoms with Gasteiger partial charge in [0.05, 0.1) is 0 Å². The summed E-state index contributed by atoms with van der Waals surface area (Å²) in [5.41, 5.74) is 23.3. The summed E-state index contributed by atoms with van der Waals surface area (Å²) in [6.45, 7) is 0.464. The molecule has 8 aromatic carbocycles. The molecule has 2 nitrogen and oxygen atoms in total. The fourth-order valence-electron chi connectivity index (χ4n) is 7.11. The zero-order valence-electron chi connectivity index (χ0n) is 27.2. The fraction of sp³-hybridized carbons (Fsp3) is 0.0213. The molecule has 0 aliphatic carbocycles. The van der Waals surface area contributed by atoms with Crippen molar-refractivity contribution in [3.8, 4) is 33.4 Å². The number of rotatable bonds is 7. The molecule has 0 amide bonds. The average Bonchev–Trinajstić information content (AvgIpc) is 3.17. The predicted octanol–water partition coefficient (Wildman–Crippen LogP) is 11.7. The highest BCUT2D eigenvalue weighted by molar-refractivity contribution is 6.25. The Balaban J connectivity index is 1.39. The monoisotopic (exact) mass is 628 g/mol. The predicted molar refractivity (Wildman–Crippen MR) is 211 cm³/mol. The average molecular weight is 629 g/mol. The van der Waals surface area contributed by atoms with Crippen molar-refractivity contribution >= 4 is 43.6 Å². The number of benzene rings is 8. The summed E-state index contributed by atoms with van der Waals surface area (Å²) in [6.07, 6.45) is 6.22. The number of anilines is 1. The molecule has 2 heteroatoms. The Morgan fingerprint density at radius 2 is 1.00 bits per heavy atom. The molecular formula is C47H36N2. The molecule has 0 saturated heterocycles. The maximum absolute atomic E-state index is 6.55. The minimum atomic E-state index is 0.464. The van der Waals surface area contributed by atoms with Crippen molar-refractivity contribution in [2.24, 2.45) is 5.73 Å². The van der Waals surface area contributed by atoms with Crippen molar-refractivity contribution in [2.45, 2.75) is 0 Å². The lowest BCUT2D eigenvalue weighted by Crippen LogP contribution is -1.97. The first-order valence-corrected chi connectivity index (χ1v) is 16.8. The van der Waals surface area contributed by atoms with E-state index in [-0.39, 0.29) is 0 Å². The van der Waals surface area contributed by atoms with Gasteiger partial charge in [0.1, 0.15) is 0 Å². The molecule has 8 aromatic rings. The first-order valence-electron chi connectivity index (χ1n) is 16.8. The standard InChI is InChI=1S/C47H36N2/c48-27-13-12-16-37(38-17-4-8-21-42(38)45-23-10-11-24-47(45)49)36-29-34(32-14-2-1-3-15-32)28-35(30-36)33-25-26-44-41-20-6-5-18-39(41)40-19-7-9-22-43(40)46(44)31-33/h1-26,28-31H,27,48-49H2/b13-12-,37-16?. The topological polar surface area (TPSA) is 52.0 Å². The minimum absolute atomic E-state index is 0.464. The number of allylic oxidation sites excluding steroid dienone is 2. The molecule has 8 rings (SSSR count). The summed E-state index contributed by atoms with van der Waals surface area (Å²) in [6, 6.07) is 58.6. The second-order valence-electron chi connectivity index (χ2n) is 12.4. The summed E-state index contributed by atoms with van der Waals surface area (Å²) in [4.78, 5) is 0. The molecule has 0 aromatic heterocycles. The van der Waals surface area contributed by atoms with E-state index in [1.807, 2.05) is 24.3 Å². The molecule has 0 spiro atoms. The van der Waals surface area contributed by atoms with Crippen molar-refractivity contribution in [3.63, 3.8) is 0 Å². The van der Waals surface area contributed by atoms with E-state index in [1.54, 1.807) is 0 Å². The molecular weight excluding hydrogens is 593 g/mol. The lowest BCUT2D eigenvalue weighted by Gasteiger charge is -2.18. The molecule has 0 bridgehead atoms. The normalized spacial score (nSPS) is 12.0. The van der Waals surface area contributed by atoms with Gasteiger partial charge in [-0.15, -0.1) is 0 Å². The number of hydrogen-bond donors (Lipinski definition) is 2. The minimum Gasteiger partial charge on any atom is -0.398 e. The molecule has 4 N–H and O–H groups in total. The first kappa shape index (κ1) is 30.1. The van der Waals surface area contributed by atoms with Crippen LogP contribution >= 0.6 is 0 Å². The van der Waals surface area contributed by atoms with Gasteiger partial charge < -0.3 is 11.5 Å². The van der Waals surface area contributed by atoms with E-state index < -0.39 is 0 Å². The van der Waals surface area contributed by atoms with E-state index in [2.05, 4.69) is 158 Å². The zero-order chi connectivity index (χ0) is 33.2. The van der Waals surface area contributed by atoms with Crippen LogP contribution in [0.15, 0.2) is 182 Å².